The van der Waals surface area contributed by atoms with E-state index in [1.165, 1.54) is 19.2 Å². The van der Waals surface area contributed by atoms with Crippen LogP contribution in [0.4, 0.5) is 0 Å². The summed E-state index contributed by atoms with van der Waals surface area (Å²) in [5.41, 5.74) is -1.13. The van der Waals surface area contributed by atoms with Gasteiger partial charge in [0, 0.05) is 12.7 Å². The summed E-state index contributed by atoms with van der Waals surface area (Å²) < 4.78 is 0. The molecule has 1 unspecified atom stereocenters. The number of aromatic nitrogens is 1. The fraction of sp³-hybridized carbons (Fsp3) is 0.400. The molecule has 1 aromatic rings. The average Bonchev–Trinajstić information content (AvgIpc) is 2.30. The van der Waals surface area contributed by atoms with E-state index in [9.17, 15) is 9.90 Å². The van der Waals surface area contributed by atoms with E-state index < -0.39 is 18.1 Å². The van der Waals surface area contributed by atoms with Crippen molar-refractivity contribution in [2.75, 3.05) is 13.2 Å². The van der Waals surface area contributed by atoms with E-state index in [4.69, 9.17) is 28.3 Å². The Kier molecular flexibility index (Phi) is 4.70. The van der Waals surface area contributed by atoms with Crippen molar-refractivity contribution >= 4 is 29.1 Å². The highest BCUT2D eigenvalue weighted by molar-refractivity contribution is 6.41. The number of pyridine rings is 1. The van der Waals surface area contributed by atoms with E-state index in [-0.39, 0.29) is 22.3 Å². The molecule has 0 spiro atoms. The van der Waals surface area contributed by atoms with Crippen molar-refractivity contribution in [3.63, 3.8) is 0 Å². The maximum Gasteiger partial charge on any atom is 0.253 e. The summed E-state index contributed by atoms with van der Waals surface area (Å²) in [6.45, 7) is 0.871. The van der Waals surface area contributed by atoms with E-state index in [0.29, 0.717) is 0 Å². The van der Waals surface area contributed by atoms with E-state index in [1.807, 2.05) is 0 Å². The maximum absolute atomic E-state index is 11.6. The lowest BCUT2D eigenvalue weighted by Gasteiger charge is -2.20. The number of carbonyl (C=O) groups excluding carboxylic acids is 1. The van der Waals surface area contributed by atoms with Crippen molar-refractivity contribution < 1.29 is 15.0 Å². The van der Waals surface area contributed by atoms with Gasteiger partial charge in [-0.25, -0.2) is 4.98 Å². The van der Waals surface area contributed by atoms with Crippen molar-refractivity contribution in [2.24, 2.45) is 0 Å². The second-order valence-corrected chi connectivity index (χ2v) is 4.60. The van der Waals surface area contributed by atoms with Crippen molar-refractivity contribution in [1.82, 2.24) is 10.3 Å². The standard InChI is InChI=1S/C10H12Cl2N2O3/c1-10(17,5-15)4-14-9(16)6-2-7(11)8(12)13-3-6/h2-3,15,17H,4-5H2,1H3,(H,14,16). The van der Waals surface area contributed by atoms with Gasteiger partial charge in [0.1, 0.15) is 10.8 Å². The van der Waals surface area contributed by atoms with Crippen LogP contribution in [0.2, 0.25) is 10.2 Å². The van der Waals surface area contributed by atoms with Crippen molar-refractivity contribution in [3.8, 4) is 0 Å². The van der Waals surface area contributed by atoms with Crippen LogP contribution in [0, 0.1) is 0 Å². The van der Waals surface area contributed by atoms with Gasteiger partial charge in [-0.1, -0.05) is 23.2 Å². The zero-order valence-electron chi connectivity index (χ0n) is 9.07. The number of rotatable bonds is 4. The van der Waals surface area contributed by atoms with Gasteiger partial charge < -0.3 is 15.5 Å². The minimum atomic E-state index is -1.36. The lowest BCUT2D eigenvalue weighted by molar-refractivity contribution is 0.00320. The normalized spacial score (nSPS) is 14.2. The Morgan fingerprint density at radius 1 is 1.59 bits per heavy atom. The fourth-order valence-electron chi connectivity index (χ4n) is 0.974. The molecule has 1 aromatic heterocycles. The van der Waals surface area contributed by atoms with Gasteiger partial charge in [-0.2, -0.15) is 0 Å². The largest absolute Gasteiger partial charge is 0.393 e. The number of hydrogen-bond acceptors (Lipinski definition) is 4. The highest BCUT2D eigenvalue weighted by Gasteiger charge is 2.20. The third kappa shape index (κ3) is 4.12. The van der Waals surface area contributed by atoms with E-state index in [0.717, 1.165) is 0 Å². The summed E-state index contributed by atoms with van der Waals surface area (Å²) in [4.78, 5) is 15.4. The first-order chi connectivity index (χ1) is 7.85. The second-order valence-electron chi connectivity index (χ2n) is 3.83. The first-order valence-electron chi connectivity index (χ1n) is 4.78. The van der Waals surface area contributed by atoms with E-state index in [1.54, 1.807) is 0 Å². The highest BCUT2D eigenvalue weighted by atomic mass is 35.5. The molecule has 17 heavy (non-hydrogen) atoms. The highest BCUT2D eigenvalue weighted by Crippen LogP contribution is 2.19. The van der Waals surface area contributed by atoms with Gasteiger partial charge in [0.05, 0.1) is 17.2 Å². The van der Waals surface area contributed by atoms with Crippen molar-refractivity contribution in [1.29, 1.82) is 0 Å². The Labute approximate surface area is 108 Å². The van der Waals surface area contributed by atoms with Gasteiger partial charge in [-0.3, -0.25) is 4.79 Å². The van der Waals surface area contributed by atoms with Crippen molar-refractivity contribution in [3.05, 3.63) is 28.0 Å². The molecule has 0 fully saturated rings. The molecule has 7 heteroatoms. The van der Waals surface area contributed by atoms with Gasteiger partial charge in [0.15, 0.2) is 0 Å². The van der Waals surface area contributed by atoms with Gasteiger partial charge in [-0.15, -0.1) is 0 Å². The van der Waals surface area contributed by atoms with Crippen LogP contribution < -0.4 is 5.32 Å². The van der Waals surface area contributed by atoms with Crippen LogP contribution in [0.1, 0.15) is 17.3 Å². The zero-order valence-corrected chi connectivity index (χ0v) is 10.6. The molecular weight excluding hydrogens is 267 g/mol. The minimum Gasteiger partial charge on any atom is -0.393 e. The molecule has 0 aliphatic heterocycles. The number of aliphatic hydroxyl groups excluding tert-OH is 1. The zero-order chi connectivity index (χ0) is 13.1. The first-order valence-corrected chi connectivity index (χ1v) is 5.54. The number of halogens is 2. The molecule has 0 radical (unpaired) electrons. The molecule has 3 N–H and O–H groups in total. The predicted molar refractivity (Wildman–Crippen MR) is 64.3 cm³/mol. The molecule has 1 rings (SSSR count). The molecule has 0 aliphatic carbocycles. The number of carbonyl (C=O) groups is 1. The summed E-state index contributed by atoms with van der Waals surface area (Å²) in [5.74, 6) is -0.454. The lowest BCUT2D eigenvalue weighted by atomic mass is 10.1. The van der Waals surface area contributed by atoms with Crippen LogP contribution in [0.3, 0.4) is 0 Å². The van der Waals surface area contributed by atoms with Crippen LogP contribution in [0.25, 0.3) is 0 Å². The van der Waals surface area contributed by atoms with Gasteiger partial charge in [-0.05, 0) is 13.0 Å². The Balaban J connectivity index is 2.68. The molecule has 0 saturated carbocycles. The summed E-state index contributed by atoms with van der Waals surface area (Å²) in [6, 6.07) is 1.37. The third-order valence-corrected chi connectivity index (χ3v) is 2.71. The molecule has 1 amide bonds. The van der Waals surface area contributed by atoms with Crippen LogP contribution in [-0.4, -0.2) is 39.9 Å². The van der Waals surface area contributed by atoms with Gasteiger partial charge in [0.25, 0.3) is 5.91 Å². The van der Waals surface area contributed by atoms with Crippen LogP contribution in [0.5, 0.6) is 0 Å². The van der Waals surface area contributed by atoms with E-state index in [2.05, 4.69) is 10.3 Å². The summed E-state index contributed by atoms with van der Waals surface area (Å²) >= 11 is 11.3. The summed E-state index contributed by atoms with van der Waals surface area (Å²) in [7, 11) is 0. The Morgan fingerprint density at radius 3 is 2.76 bits per heavy atom. The summed E-state index contributed by atoms with van der Waals surface area (Å²) in [5, 5.41) is 21.0. The molecule has 1 atom stereocenters. The molecule has 0 aliphatic rings. The smallest absolute Gasteiger partial charge is 0.253 e. The monoisotopic (exact) mass is 278 g/mol. The first kappa shape index (κ1) is 14.2. The van der Waals surface area contributed by atoms with Crippen LogP contribution >= 0.6 is 23.2 Å². The number of aliphatic hydroxyl groups is 2. The Hall–Kier alpha value is -0.880. The summed E-state index contributed by atoms with van der Waals surface area (Å²) in [6.07, 6.45) is 1.28. The Bertz CT molecular complexity index is 424. The topological polar surface area (TPSA) is 82.5 Å². The maximum atomic E-state index is 11.6. The number of amides is 1. The molecule has 0 saturated heterocycles. The fourth-order valence-corrected chi connectivity index (χ4v) is 1.24. The minimum absolute atomic E-state index is 0.0808. The number of hydrogen-bond donors (Lipinski definition) is 3. The molecule has 5 nitrogen and oxygen atoms in total. The molecule has 94 valence electrons. The molecular formula is C10H12Cl2N2O3. The third-order valence-electron chi connectivity index (χ3n) is 2.03. The average molecular weight is 279 g/mol. The molecule has 1 heterocycles. The van der Waals surface area contributed by atoms with Gasteiger partial charge in [0.2, 0.25) is 0 Å². The number of nitrogens with one attached hydrogen (secondary N) is 1. The van der Waals surface area contributed by atoms with Gasteiger partial charge >= 0.3 is 0 Å². The SMILES string of the molecule is CC(O)(CO)CNC(=O)c1cnc(Cl)c(Cl)c1. The second kappa shape index (κ2) is 5.64. The van der Waals surface area contributed by atoms with E-state index >= 15 is 0 Å². The lowest BCUT2D eigenvalue weighted by Crippen LogP contribution is -2.43. The quantitative estimate of drug-likeness (QED) is 0.714. The molecule has 0 bridgehead atoms. The van der Waals surface area contributed by atoms with Crippen LogP contribution in [-0.2, 0) is 0 Å². The predicted octanol–water partition coefficient (Wildman–Crippen LogP) is 0.861. The van der Waals surface area contributed by atoms with Crippen LogP contribution in [0.15, 0.2) is 12.3 Å². The Morgan fingerprint density at radius 2 is 2.24 bits per heavy atom. The molecule has 0 aromatic carbocycles. The van der Waals surface area contributed by atoms with Crippen molar-refractivity contribution in [2.45, 2.75) is 12.5 Å². The number of nitrogens with zero attached hydrogens (tertiary/aromatic N) is 1.